The van der Waals surface area contributed by atoms with Gasteiger partial charge in [-0.15, -0.1) is 5.10 Å². The van der Waals surface area contributed by atoms with Crippen LogP contribution >= 0.6 is 27.7 Å². The topological polar surface area (TPSA) is 89.6 Å². The molecule has 0 aliphatic carbocycles. The summed E-state index contributed by atoms with van der Waals surface area (Å²) in [6.45, 7) is 0. The van der Waals surface area contributed by atoms with Crippen molar-refractivity contribution < 1.29 is 5.11 Å². The van der Waals surface area contributed by atoms with Crippen LogP contribution in [0.25, 0.3) is 5.69 Å². The molecule has 0 unspecified atom stereocenters. The summed E-state index contributed by atoms with van der Waals surface area (Å²) in [4.78, 5) is 8.07. The summed E-state index contributed by atoms with van der Waals surface area (Å²) in [6, 6.07) is 6.60. The van der Waals surface area contributed by atoms with E-state index >= 15 is 0 Å². The van der Waals surface area contributed by atoms with E-state index in [0.717, 1.165) is 15.2 Å². The predicted octanol–water partition coefficient (Wildman–Crippen LogP) is 2.07. The van der Waals surface area contributed by atoms with E-state index in [1.165, 1.54) is 18.1 Å². The SMILES string of the molecule is Oc1ccc(-n2nnnc2Sc2ncncc2Br)cc1. The Kier molecular flexibility index (Phi) is 3.61. The smallest absolute Gasteiger partial charge is 0.220 e. The highest BCUT2D eigenvalue weighted by atomic mass is 79.9. The maximum atomic E-state index is 9.31. The number of hydrogen-bond donors (Lipinski definition) is 1. The van der Waals surface area contributed by atoms with Gasteiger partial charge in [-0.25, -0.2) is 9.97 Å². The Balaban J connectivity index is 1.95. The van der Waals surface area contributed by atoms with E-state index in [1.807, 2.05) is 0 Å². The Morgan fingerprint density at radius 2 is 2.00 bits per heavy atom. The van der Waals surface area contributed by atoms with E-state index in [2.05, 4.69) is 41.4 Å². The van der Waals surface area contributed by atoms with E-state index in [4.69, 9.17) is 0 Å². The molecule has 0 atom stereocenters. The second-order valence-corrected chi connectivity index (χ2v) is 5.48. The molecule has 0 aliphatic rings. The lowest BCUT2D eigenvalue weighted by Crippen LogP contribution is -1.98. The van der Waals surface area contributed by atoms with Crippen LogP contribution in [0.5, 0.6) is 5.75 Å². The number of nitrogens with zero attached hydrogens (tertiary/aromatic N) is 6. The van der Waals surface area contributed by atoms with Gasteiger partial charge in [0.1, 0.15) is 17.1 Å². The highest BCUT2D eigenvalue weighted by molar-refractivity contribution is 9.10. The lowest BCUT2D eigenvalue weighted by atomic mass is 10.3. The first-order valence-electron chi connectivity index (χ1n) is 5.45. The second-order valence-electron chi connectivity index (χ2n) is 3.67. The molecular weight excluding hydrogens is 344 g/mol. The van der Waals surface area contributed by atoms with Gasteiger partial charge in [0.2, 0.25) is 5.16 Å². The van der Waals surface area contributed by atoms with Gasteiger partial charge in [-0.2, -0.15) is 4.68 Å². The molecule has 0 amide bonds. The fourth-order valence-electron chi connectivity index (χ4n) is 1.46. The lowest BCUT2D eigenvalue weighted by Gasteiger charge is -2.04. The molecule has 1 aromatic carbocycles. The maximum absolute atomic E-state index is 9.31. The van der Waals surface area contributed by atoms with Crippen molar-refractivity contribution in [1.29, 1.82) is 0 Å². The highest BCUT2D eigenvalue weighted by Gasteiger charge is 2.12. The Hall–Kier alpha value is -2.00. The number of benzene rings is 1. The van der Waals surface area contributed by atoms with Gasteiger partial charge in [0.25, 0.3) is 0 Å². The summed E-state index contributed by atoms with van der Waals surface area (Å²) >= 11 is 4.69. The molecule has 0 bridgehead atoms. The summed E-state index contributed by atoms with van der Waals surface area (Å²) in [5.41, 5.74) is 0.750. The van der Waals surface area contributed by atoms with Crippen LogP contribution in [-0.4, -0.2) is 35.3 Å². The van der Waals surface area contributed by atoms with Gasteiger partial charge in [-0.3, -0.25) is 0 Å². The molecule has 0 saturated carbocycles. The molecule has 1 N–H and O–H groups in total. The monoisotopic (exact) mass is 350 g/mol. The Morgan fingerprint density at radius 3 is 2.75 bits per heavy atom. The normalized spacial score (nSPS) is 10.7. The molecule has 0 saturated heterocycles. The summed E-state index contributed by atoms with van der Waals surface area (Å²) in [5, 5.41) is 22.2. The zero-order valence-corrected chi connectivity index (χ0v) is 12.3. The van der Waals surface area contributed by atoms with Crippen molar-refractivity contribution >= 4 is 27.7 Å². The van der Waals surface area contributed by atoms with Crippen molar-refractivity contribution in [2.45, 2.75) is 10.2 Å². The number of halogens is 1. The van der Waals surface area contributed by atoms with E-state index < -0.39 is 0 Å². The lowest BCUT2D eigenvalue weighted by molar-refractivity contribution is 0.475. The zero-order valence-electron chi connectivity index (χ0n) is 9.88. The van der Waals surface area contributed by atoms with Gasteiger partial charge in [-0.1, -0.05) is 0 Å². The van der Waals surface area contributed by atoms with Gasteiger partial charge >= 0.3 is 0 Å². The van der Waals surface area contributed by atoms with Gasteiger partial charge in [0.15, 0.2) is 0 Å². The van der Waals surface area contributed by atoms with Crippen molar-refractivity contribution in [3.05, 3.63) is 41.3 Å². The van der Waals surface area contributed by atoms with Crippen LogP contribution in [0.1, 0.15) is 0 Å². The number of tetrazole rings is 1. The third-order valence-corrected chi connectivity index (χ3v) is 4.16. The number of aromatic hydroxyl groups is 1. The summed E-state index contributed by atoms with van der Waals surface area (Å²) < 4.78 is 2.34. The molecule has 7 nitrogen and oxygen atoms in total. The molecule has 0 fully saturated rings. The van der Waals surface area contributed by atoms with E-state index in [0.29, 0.717) is 5.16 Å². The Labute approximate surface area is 126 Å². The molecule has 0 spiro atoms. The van der Waals surface area contributed by atoms with Crippen LogP contribution in [0.15, 0.2) is 51.4 Å². The van der Waals surface area contributed by atoms with Gasteiger partial charge in [0.05, 0.1) is 10.2 Å². The Morgan fingerprint density at radius 1 is 1.20 bits per heavy atom. The number of rotatable bonds is 3. The quantitative estimate of drug-likeness (QED) is 0.723. The minimum absolute atomic E-state index is 0.189. The summed E-state index contributed by atoms with van der Waals surface area (Å²) in [7, 11) is 0. The highest BCUT2D eigenvalue weighted by Crippen LogP contribution is 2.30. The molecule has 2 heterocycles. The minimum atomic E-state index is 0.189. The molecule has 20 heavy (non-hydrogen) atoms. The molecule has 100 valence electrons. The van der Waals surface area contributed by atoms with Crippen molar-refractivity contribution in [2.75, 3.05) is 0 Å². The van der Waals surface area contributed by atoms with Gasteiger partial charge < -0.3 is 5.11 Å². The van der Waals surface area contributed by atoms with Crippen molar-refractivity contribution in [2.24, 2.45) is 0 Å². The first kappa shape index (κ1) is 13.0. The fraction of sp³-hybridized carbons (Fsp3) is 0. The van der Waals surface area contributed by atoms with Crippen LogP contribution < -0.4 is 0 Å². The van der Waals surface area contributed by atoms with Crippen LogP contribution in [0, 0.1) is 0 Å². The second kappa shape index (κ2) is 5.55. The van der Waals surface area contributed by atoms with Crippen molar-refractivity contribution in [3.63, 3.8) is 0 Å². The molecule has 0 aliphatic heterocycles. The summed E-state index contributed by atoms with van der Waals surface area (Å²) in [5.74, 6) is 0.189. The van der Waals surface area contributed by atoms with Crippen LogP contribution in [0.2, 0.25) is 0 Å². The maximum Gasteiger partial charge on any atom is 0.220 e. The first-order valence-corrected chi connectivity index (χ1v) is 7.06. The van der Waals surface area contributed by atoms with Crippen molar-refractivity contribution in [3.8, 4) is 11.4 Å². The first-order chi connectivity index (χ1) is 9.74. The van der Waals surface area contributed by atoms with Crippen molar-refractivity contribution in [1.82, 2.24) is 30.2 Å². The number of aromatic nitrogens is 6. The predicted molar refractivity (Wildman–Crippen MR) is 74.7 cm³/mol. The van der Waals surface area contributed by atoms with E-state index in [1.54, 1.807) is 35.1 Å². The third-order valence-electron chi connectivity index (χ3n) is 2.36. The molecule has 3 rings (SSSR count). The van der Waals surface area contributed by atoms with Crippen LogP contribution in [-0.2, 0) is 0 Å². The zero-order chi connectivity index (χ0) is 13.9. The molecule has 9 heteroatoms. The standard InChI is InChI=1S/C11H7BrN6OS/c12-9-5-13-6-14-10(9)20-11-15-16-17-18(11)7-1-3-8(19)4-2-7/h1-6,19H. The van der Waals surface area contributed by atoms with Crippen LogP contribution in [0.3, 0.4) is 0 Å². The average Bonchev–Trinajstić information content (AvgIpc) is 2.90. The molecular formula is C11H7BrN6OS. The fourth-order valence-corrected chi connectivity index (χ4v) is 2.65. The molecule has 3 aromatic rings. The number of phenols is 1. The summed E-state index contributed by atoms with van der Waals surface area (Å²) in [6.07, 6.45) is 3.12. The number of phenolic OH excluding ortho intramolecular Hbond substituents is 1. The molecule has 0 radical (unpaired) electrons. The Bertz CT molecular complexity index is 732. The van der Waals surface area contributed by atoms with Gasteiger partial charge in [0, 0.05) is 6.20 Å². The average molecular weight is 351 g/mol. The molecule has 2 aromatic heterocycles. The third kappa shape index (κ3) is 2.63. The number of hydrogen-bond acceptors (Lipinski definition) is 7. The van der Waals surface area contributed by atoms with Gasteiger partial charge in [-0.05, 0) is 62.4 Å². The largest absolute Gasteiger partial charge is 0.508 e. The van der Waals surface area contributed by atoms with Crippen LogP contribution in [0.4, 0.5) is 0 Å². The van der Waals surface area contributed by atoms with E-state index in [9.17, 15) is 5.11 Å². The minimum Gasteiger partial charge on any atom is -0.508 e. The van der Waals surface area contributed by atoms with E-state index in [-0.39, 0.29) is 5.75 Å².